The van der Waals surface area contributed by atoms with Gasteiger partial charge in [-0.2, -0.15) is 26.3 Å². The van der Waals surface area contributed by atoms with Crippen LogP contribution in [0.5, 0.6) is 0 Å². The number of halogens is 6. The van der Waals surface area contributed by atoms with E-state index in [4.69, 9.17) is 4.74 Å². The lowest BCUT2D eigenvalue weighted by atomic mass is 9.79. The number of fused-ring (bicyclic) bond motifs is 1. The Morgan fingerprint density at radius 3 is 2.21 bits per heavy atom. The van der Waals surface area contributed by atoms with Gasteiger partial charge in [0, 0.05) is 18.5 Å². The molecule has 0 aromatic heterocycles. The molecule has 2 aromatic carbocycles. The van der Waals surface area contributed by atoms with Gasteiger partial charge in [0.05, 0.1) is 29.4 Å². The third-order valence-electron chi connectivity index (χ3n) is 6.57. The number of hydrogen-bond acceptors (Lipinski definition) is 3. The molecule has 3 unspecified atom stereocenters. The molecular formula is C24H24F6N2O2. The van der Waals surface area contributed by atoms with E-state index in [1.165, 1.54) is 6.92 Å². The van der Waals surface area contributed by atoms with E-state index < -0.39 is 35.1 Å². The molecular weight excluding hydrogens is 462 g/mol. The van der Waals surface area contributed by atoms with Gasteiger partial charge >= 0.3 is 12.4 Å². The van der Waals surface area contributed by atoms with Crippen LogP contribution in [0.4, 0.5) is 26.3 Å². The molecule has 4 nitrogen and oxygen atoms in total. The average molecular weight is 486 g/mol. The van der Waals surface area contributed by atoms with Gasteiger partial charge in [0.2, 0.25) is 5.91 Å². The summed E-state index contributed by atoms with van der Waals surface area (Å²) in [5, 5.41) is 6.41. The molecule has 0 aliphatic carbocycles. The molecule has 0 bridgehead atoms. The number of amides is 1. The van der Waals surface area contributed by atoms with Crippen molar-refractivity contribution >= 4 is 5.91 Å². The number of nitrogens with one attached hydrogen (secondary N) is 2. The summed E-state index contributed by atoms with van der Waals surface area (Å²) in [5.41, 5.74) is -2.83. The lowest BCUT2D eigenvalue weighted by Crippen LogP contribution is -2.59. The summed E-state index contributed by atoms with van der Waals surface area (Å²) in [6.07, 6.45) is -9.37. The third-order valence-corrected chi connectivity index (χ3v) is 6.57. The second-order valence-corrected chi connectivity index (χ2v) is 8.91. The fourth-order valence-corrected chi connectivity index (χ4v) is 4.72. The summed E-state index contributed by atoms with van der Waals surface area (Å²) >= 11 is 0. The van der Waals surface area contributed by atoms with Gasteiger partial charge < -0.3 is 15.4 Å². The quantitative estimate of drug-likeness (QED) is 0.562. The van der Waals surface area contributed by atoms with Gasteiger partial charge in [-0.05, 0) is 49.1 Å². The molecule has 2 aromatic rings. The number of benzene rings is 2. The minimum atomic E-state index is -4.93. The number of ether oxygens (including phenoxy) is 1. The molecule has 34 heavy (non-hydrogen) atoms. The van der Waals surface area contributed by atoms with E-state index in [-0.39, 0.29) is 42.6 Å². The average Bonchev–Trinajstić information content (AvgIpc) is 3.15. The van der Waals surface area contributed by atoms with Crippen molar-refractivity contribution in [2.45, 2.75) is 62.3 Å². The van der Waals surface area contributed by atoms with Crippen LogP contribution >= 0.6 is 0 Å². The molecule has 0 spiro atoms. The Morgan fingerprint density at radius 2 is 1.62 bits per heavy atom. The van der Waals surface area contributed by atoms with Crippen molar-refractivity contribution in [3.8, 4) is 0 Å². The van der Waals surface area contributed by atoms with E-state index in [9.17, 15) is 31.1 Å². The highest BCUT2D eigenvalue weighted by Crippen LogP contribution is 2.40. The standard InChI is InChI=1S/C24H24F6N2O2/c1-14(15-9-17(23(25,26)27)11-18(10-15)24(28,29)30)34-13-22(16-5-3-2-4-6-16)8-7-19-20(32-22)12-21(33)31-19/h2-6,9-11,14,19-20,32H,7-8,12-13H2,1H3,(H,31,33)/t14-,19?,20?,22?/m1/s1. The first kappa shape index (κ1) is 24.5. The summed E-state index contributed by atoms with van der Waals surface area (Å²) in [6, 6.07) is 10.6. The zero-order valence-electron chi connectivity index (χ0n) is 18.3. The molecule has 0 saturated carbocycles. The molecule has 184 valence electrons. The van der Waals surface area contributed by atoms with Crippen LogP contribution in [0.25, 0.3) is 0 Å². The van der Waals surface area contributed by atoms with E-state index in [0.29, 0.717) is 25.0 Å². The Morgan fingerprint density at radius 1 is 1.00 bits per heavy atom. The van der Waals surface area contributed by atoms with Crippen molar-refractivity contribution in [2.24, 2.45) is 0 Å². The number of carbonyl (C=O) groups is 1. The maximum atomic E-state index is 13.3. The molecule has 0 radical (unpaired) electrons. The number of alkyl halides is 6. The minimum absolute atomic E-state index is 0.00713. The Bertz CT molecular complexity index is 1010. The van der Waals surface area contributed by atoms with Crippen LogP contribution < -0.4 is 10.6 Å². The first-order valence-electron chi connectivity index (χ1n) is 10.9. The van der Waals surface area contributed by atoms with Crippen molar-refractivity contribution in [1.29, 1.82) is 0 Å². The van der Waals surface area contributed by atoms with Gasteiger partial charge in [-0.15, -0.1) is 0 Å². The predicted octanol–water partition coefficient (Wildman–Crippen LogP) is 5.34. The topological polar surface area (TPSA) is 50.4 Å². The number of carbonyl (C=O) groups excluding carboxylic acids is 1. The highest BCUT2D eigenvalue weighted by molar-refractivity contribution is 5.79. The fourth-order valence-electron chi connectivity index (χ4n) is 4.72. The molecule has 2 aliphatic rings. The van der Waals surface area contributed by atoms with Gasteiger partial charge in [0.25, 0.3) is 0 Å². The van der Waals surface area contributed by atoms with E-state index in [1.54, 1.807) is 0 Å². The number of rotatable bonds is 5. The van der Waals surface area contributed by atoms with Gasteiger partial charge in [0.1, 0.15) is 0 Å². The lowest BCUT2D eigenvalue weighted by molar-refractivity contribution is -0.143. The zero-order chi connectivity index (χ0) is 24.7. The van der Waals surface area contributed by atoms with E-state index >= 15 is 0 Å². The maximum absolute atomic E-state index is 13.3. The molecule has 1 amide bonds. The summed E-state index contributed by atoms with van der Waals surface area (Å²) in [5.74, 6) is -0.0655. The monoisotopic (exact) mass is 486 g/mol. The minimum Gasteiger partial charge on any atom is -0.372 e. The highest BCUT2D eigenvalue weighted by Gasteiger charge is 2.46. The summed E-state index contributed by atoms with van der Waals surface area (Å²) in [6.45, 7) is 1.44. The van der Waals surface area contributed by atoms with Gasteiger partial charge in [-0.25, -0.2) is 0 Å². The normalized spacial score (nSPS) is 26.1. The summed E-state index contributed by atoms with van der Waals surface area (Å²) in [4.78, 5) is 11.9. The van der Waals surface area contributed by atoms with Crippen molar-refractivity contribution in [3.05, 3.63) is 70.8 Å². The van der Waals surface area contributed by atoms with Crippen LogP contribution in [0.1, 0.15) is 54.5 Å². The molecule has 4 atom stereocenters. The van der Waals surface area contributed by atoms with E-state index in [2.05, 4.69) is 10.6 Å². The van der Waals surface area contributed by atoms with Gasteiger partial charge in [-0.3, -0.25) is 4.79 Å². The number of hydrogen-bond donors (Lipinski definition) is 2. The van der Waals surface area contributed by atoms with Crippen molar-refractivity contribution in [1.82, 2.24) is 10.6 Å². The van der Waals surface area contributed by atoms with Crippen LogP contribution in [0.15, 0.2) is 48.5 Å². The van der Waals surface area contributed by atoms with Crippen LogP contribution in [0.2, 0.25) is 0 Å². The smallest absolute Gasteiger partial charge is 0.372 e. The molecule has 2 saturated heterocycles. The van der Waals surface area contributed by atoms with E-state index in [0.717, 1.165) is 5.56 Å². The molecule has 4 rings (SSSR count). The van der Waals surface area contributed by atoms with Crippen LogP contribution in [0, 0.1) is 0 Å². The Labute approximate surface area is 192 Å². The second-order valence-electron chi connectivity index (χ2n) is 8.91. The van der Waals surface area contributed by atoms with Crippen LogP contribution in [0.3, 0.4) is 0 Å². The van der Waals surface area contributed by atoms with Crippen LogP contribution in [-0.2, 0) is 27.4 Å². The fraction of sp³-hybridized carbons (Fsp3) is 0.458. The van der Waals surface area contributed by atoms with Crippen molar-refractivity contribution in [2.75, 3.05) is 6.61 Å². The summed E-state index contributed by atoms with van der Waals surface area (Å²) in [7, 11) is 0. The van der Waals surface area contributed by atoms with E-state index in [1.807, 2.05) is 30.3 Å². The SMILES string of the molecule is C[C@@H](OCC1(c2ccccc2)CCC2NC(=O)CC2N1)c1cc(C(F)(F)F)cc(C(F)(F)F)c1. The molecule has 10 heteroatoms. The van der Waals surface area contributed by atoms with Gasteiger partial charge in [-0.1, -0.05) is 30.3 Å². The van der Waals surface area contributed by atoms with Crippen molar-refractivity contribution in [3.63, 3.8) is 0 Å². The Balaban J connectivity index is 1.61. The lowest BCUT2D eigenvalue weighted by Gasteiger charge is -2.44. The first-order valence-corrected chi connectivity index (χ1v) is 10.9. The van der Waals surface area contributed by atoms with Gasteiger partial charge in [0.15, 0.2) is 0 Å². The Kier molecular flexibility index (Phi) is 6.41. The first-order chi connectivity index (χ1) is 15.9. The third kappa shape index (κ3) is 5.07. The zero-order valence-corrected chi connectivity index (χ0v) is 18.3. The predicted molar refractivity (Wildman–Crippen MR) is 112 cm³/mol. The maximum Gasteiger partial charge on any atom is 0.416 e. The number of piperidine rings is 1. The summed E-state index contributed by atoms with van der Waals surface area (Å²) < 4.78 is 85.5. The molecule has 2 fully saturated rings. The largest absolute Gasteiger partial charge is 0.416 e. The molecule has 2 aliphatic heterocycles. The molecule has 2 N–H and O–H groups in total. The van der Waals surface area contributed by atoms with Crippen molar-refractivity contribution < 1.29 is 35.9 Å². The molecule has 2 heterocycles. The highest BCUT2D eigenvalue weighted by atomic mass is 19.4. The Hall–Kier alpha value is -2.59. The van der Waals surface area contributed by atoms with Crippen LogP contribution in [-0.4, -0.2) is 24.6 Å². The second kappa shape index (κ2) is 8.88.